The maximum Gasteiger partial charge on any atom is 0.144 e. The van der Waals surface area contributed by atoms with Crippen LogP contribution < -0.4 is 11.5 Å². The summed E-state index contributed by atoms with van der Waals surface area (Å²) < 4.78 is 0. The molecule has 1 aromatic heterocycles. The standard InChI is InChI=1S/C13H19N3O/c1-13(6-2-5-10(13)14)11(17)8-9-4-3-7-16-12(9)15/h3-4,7,10H,2,5-6,8,14H2,1H3,(H2,15,16). The Morgan fingerprint density at radius 2 is 2.41 bits per heavy atom. The summed E-state index contributed by atoms with van der Waals surface area (Å²) in [5.74, 6) is 0.623. The van der Waals surface area contributed by atoms with Crippen molar-refractivity contribution in [3.63, 3.8) is 0 Å². The normalized spacial score (nSPS) is 28.2. The Morgan fingerprint density at radius 3 is 3.00 bits per heavy atom. The fourth-order valence-electron chi connectivity index (χ4n) is 2.51. The highest BCUT2D eigenvalue weighted by molar-refractivity contribution is 5.88. The van der Waals surface area contributed by atoms with Gasteiger partial charge in [-0.3, -0.25) is 4.79 Å². The summed E-state index contributed by atoms with van der Waals surface area (Å²) in [7, 11) is 0. The lowest BCUT2D eigenvalue weighted by Gasteiger charge is -2.27. The quantitative estimate of drug-likeness (QED) is 0.824. The summed E-state index contributed by atoms with van der Waals surface area (Å²) in [6.45, 7) is 1.97. The molecule has 2 rings (SSSR count). The second kappa shape index (κ2) is 4.45. The molecule has 0 radical (unpaired) electrons. The highest BCUT2D eigenvalue weighted by Crippen LogP contribution is 2.38. The van der Waals surface area contributed by atoms with Crippen LogP contribution in [0.5, 0.6) is 0 Å². The first-order valence-corrected chi connectivity index (χ1v) is 6.02. The van der Waals surface area contributed by atoms with E-state index in [9.17, 15) is 4.79 Å². The maximum atomic E-state index is 12.3. The van der Waals surface area contributed by atoms with E-state index in [2.05, 4.69) is 4.98 Å². The van der Waals surface area contributed by atoms with Crippen molar-refractivity contribution in [1.29, 1.82) is 0 Å². The number of nitrogens with two attached hydrogens (primary N) is 2. The minimum atomic E-state index is -0.387. The number of aromatic nitrogens is 1. The predicted molar refractivity (Wildman–Crippen MR) is 67.3 cm³/mol. The second-order valence-electron chi connectivity index (χ2n) is 5.06. The Balaban J connectivity index is 2.15. The van der Waals surface area contributed by atoms with Gasteiger partial charge in [0.2, 0.25) is 0 Å². The average molecular weight is 233 g/mol. The minimum absolute atomic E-state index is 0.0205. The van der Waals surface area contributed by atoms with Crippen molar-refractivity contribution in [3.8, 4) is 0 Å². The van der Waals surface area contributed by atoms with Crippen LogP contribution >= 0.6 is 0 Å². The summed E-state index contributed by atoms with van der Waals surface area (Å²) in [4.78, 5) is 16.3. The van der Waals surface area contributed by atoms with Crippen LogP contribution in [0.1, 0.15) is 31.7 Å². The van der Waals surface area contributed by atoms with Gasteiger partial charge in [-0.2, -0.15) is 0 Å². The molecule has 0 spiro atoms. The largest absolute Gasteiger partial charge is 0.383 e. The van der Waals surface area contributed by atoms with Crippen molar-refractivity contribution in [1.82, 2.24) is 4.98 Å². The number of rotatable bonds is 3. The zero-order valence-electron chi connectivity index (χ0n) is 10.1. The Kier molecular flexibility index (Phi) is 3.15. The number of hydrogen-bond donors (Lipinski definition) is 2. The highest BCUT2D eigenvalue weighted by Gasteiger charge is 2.42. The fourth-order valence-corrected chi connectivity index (χ4v) is 2.51. The molecule has 1 fully saturated rings. The molecule has 0 amide bonds. The summed E-state index contributed by atoms with van der Waals surface area (Å²) in [6, 6.07) is 3.63. The van der Waals surface area contributed by atoms with Gasteiger partial charge in [0.25, 0.3) is 0 Å². The van der Waals surface area contributed by atoms with Crippen molar-refractivity contribution < 1.29 is 4.79 Å². The maximum absolute atomic E-state index is 12.3. The molecule has 0 aromatic carbocycles. The third-order valence-corrected chi connectivity index (χ3v) is 3.94. The Morgan fingerprint density at radius 1 is 1.65 bits per heavy atom. The molecule has 17 heavy (non-hydrogen) atoms. The topological polar surface area (TPSA) is 82.0 Å². The molecule has 1 saturated carbocycles. The van der Waals surface area contributed by atoms with Crippen molar-refractivity contribution >= 4 is 11.6 Å². The monoisotopic (exact) mass is 233 g/mol. The first kappa shape index (κ1) is 12.0. The zero-order valence-corrected chi connectivity index (χ0v) is 10.1. The number of nitrogen functional groups attached to an aromatic ring is 1. The first-order chi connectivity index (χ1) is 8.04. The van der Waals surface area contributed by atoms with Crippen molar-refractivity contribution in [2.24, 2.45) is 11.1 Å². The van der Waals surface area contributed by atoms with E-state index in [1.807, 2.05) is 13.0 Å². The lowest BCUT2D eigenvalue weighted by atomic mass is 9.78. The van der Waals surface area contributed by atoms with E-state index < -0.39 is 0 Å². The summed E-state index contributed by atoms with van der Waals surface area (Å²) >= 11 is 0. The lowest BCUT2D eigenvalue weighted by molar-refractivity contribution is -0.127. The zero-order chi connectivity index (χ0) is 12.5. The molecule has 4 heteroatoms. The van der Waals surface area contributed by atoms with Crippen LogP contribution in [-0.2, 0) is 11.2 Å². The smallest absolute Gasteiger partial charge is 0.144 e. The Bertz CT molecular complexity index is 432. The third kappa shape index (κ3) is 2.17. The van der Waals surface area contributed by atoms with Crippen LogP contribution in [0.4, 0.5) is 5.82 Å². The van der Waals surface area contributed by atoms with E-state index in [0.29, 0.717) is 12.2 Å². The van der Waals surface area contributed by atoms with Gasteiger partial charge in [0.05, 0.1) is 0 Å². The molecule has 1 aliphatic carbocycles. The molecule has 4 N–H and O–H groups in total. The van der Waals surface area contributed by atoms with Gasteiger partial charge in [-0.15, -0.1) is 0 Å². The summed E-state index contributed by atoms with van der Waals surface area (Å²) in [5, 5.41) is 0. The van der Waals surface area contributed by atoms with Gasteiger partial charge >= 0.3 is 0 Å². The number of anilines is 1. The molecule has 92 valence electrons. The van der Waals surface area contributed by atoms with Gasteiger partial charge in [-0.25, -0.2) is 4.98 Å². The molecule has 0 aliphatic heterocycles. The van der Waals surface area contributed by atoms with E-state index in [1.54, 1.807) is 12.3 Å². The highest BCUT2D eigenvalue weighted by atomic mass is 16.1. The van der Waals surface area contributed by atoms with Gasteiger partial charge in [-0.1, -0.05) is 19.4 Å². The van der Waals surface area contributed by atoms with Crippen LogP contribution in [0.3, 0.4) is 0 Å². The van der Waals surface area contributed by atoms with E-state index in [1.165, 1.54) is 0 Å². The number of hydrogen-bond acceptors (Lipinski definition) is 4. The molecule has 2 atom stereocenters. The van der Waals surface area contributed by atoms with Crippen LogP contribution in [0.2, 0.25) is 0 Å². The fraction of sp³-hybridized carbons (Fsp3) is 0.538. The second-order valence-corrected chi connectivity index (χ2v) is 5.06. The number of carbonyl (C=O) groups is 1. The van der Waals surface area contributed by atoms with Gasteiger partial charge in [0.15, 0.2) is 0 Å². The van der Waals surface area contributed by atoms with Crippen LogP contribution in [0, 0.1) is 5.41 Å². The molecule has 1 aromatic rings. The van der Waals surface area contributed by atoms with Gasteiger partial charge in [0, 0.05) is 29.6 Å². The molecule has 0 saturated heterocycles. The molecular formula is C13H19N3O. The molecule has 2 unspecified atom stereocenters. The van der Waals surface area contributed by atoms with Gasteiger partial charge in [-0.05, 0) is 18.9 Å². The minimum Gasteiger partial charge on any atom is -0.383 e. The lowest BCUT2D eigenvalue weighted by Crippen LogP contribution is -2.42. The van der Waals surface area contributed by atoms with E-state index >= 15 is 0 Å². The number of carbonyl (C=O) groups excluding carboxylic acids is 1. The Hall–Kier alpha value is -1.42. The number of pyridine rings is 1. The average Bonchev–Trinajstić information content (AvgIpc) is 2.64. The molecule has 4 nitrogen and oxygen atoms in total. The summed E-state index contributed by atoms with van der Waals surface area (Å²) in [6.07, 6.45) is 4.82. The SMILES string of the molecule is CC1(C(=O)Cc2cccnc2N)CCCC1N. The van der Waals surface area contributed by atoms with E-state index in [-0.39, 0.29) is 17.2 Å². The van der Waals surface area contributed by atoms with Gasteiger partial charge < -0.3 is 11.5 Å². The van der Waals surface area contributed by atoms with Gasteiger partial charge in [0.1, 0.15) is 11.6 Å². The van der Waals surface area contributed by atoms with Crippen molar-refractivity contribution in [2.45, 2.75) is 38.6 Å². The number of ketones is 1. The van der Waals surface area contributed by atoms with Crippen LogP contribution in [-0.4, -0.2) is 16.8 Å². The number of Topliss-reactive ketones (excluding diaryl/α,β-unsaturated/α-hetero) is 1. The predicted octanol–water partition coefficient (Wildman–Crippen LogP) is 1.29. The van der Waals surface area contributed by atoms with E-state index in [4.69, 9.17) is 11.5 Å². The van der Waals surface area contributed by atoms with Crippen molar-refractivity contribution in [3.05, 3.63) is 23.9 Å². The Labute approximate surface area is 101 Å². The molecule has 1 aliphatic rings. The molecule has 1 heterocycles. The summed E-state index contributed by atoms with van der Waals surface area (Å²) in [5.41, 5.74) is 12.2. The molecule has 0 bridgehead atoms. The number of nitrogens with zero attached hydrogens (tertiary/aromatic N) is 1. The molecular weight excluding hydrogens is 214 g/mol. The van der Waals surface area contributed by atoms with Crippen molar-refractivity contribution in [2.75, 3.05) is 5.73 Å². The van der Waals surface area contributed by atoms with Crippen LogP contribution in [0.25, 0.3) is 0 Å². The van der Waals surface area contributed by atoms with Crippen LogP contribution in [0.15, 0.2) is 18.3 Å². The first-order valence-electron chi connectivity index (χ1n) is 6.02. The van der Waals surface area contributed by atoms with E-state index in [0.717, 1.165) is 24.8 Å². The third-order valence-electron chi connectivity index (χ3n) is 3.94.